The van der Waals surface area contributed by atoms with E-state index in [0.29, 0.717) is 22.3 Å². The second kappa shape index (κ2) is 9.05. The molecule has 0 saturated heterocycles. The van der Waals surface area contributed by atoms with Crippen molar-refractivity contribution in [3.63, 3.8) is 0 Å². The minimum atomic E-state index is -4.67. The van der Waals surface area contributed by atoms with Gasteiger partial charge in [-0.3, -0.25) is 9.11 Å². The second-order valence-electron chi connectivity index (χ2n) is 4.68. The number of rotatable bonds is 5. The van der Waals surface area contributed by atoms with Crippen molar-refractivity contribution < 1.29 is 22.3 Å². The van der Waals surface area contributed by atoms with Crippen LogP contribution in [0.25, 0.3) is 0 Å². The molecule has 0 fully saturated rings. The van der Waals surface area contributed by atoms with Crippen molar-refractivity contribution in [2.45, 2.75) is 19.6 Å². The zero-order valence-corrected chi connectivity index (χ0v) is 15.0. The molecule has 0 spiro atoms. The molecule has 1 unspecified atom stereocenters. The maximum Gasteiger partial charge on any atom is 0.394 e. The van der Waals surface area contributed by atoms with E-state index in [0.717, 1.165) is 5.56 Å². The number of hydrogen-bond acceptors (Lipinski definition) is 4. The van der Waals surface area contributed by atoms with Gasteiger partial charge in [0, 0.05) is 28.0 Å². The highest BCUT2D eigenvalue weighted by atomic mass is 35.5. The first kappa shape index (κ1) is 20.5. The van der Waals surface area contributed by atoms with Crippen molar-refractivity contribution in [3.8, 4) is 0 Å². The Morgan fingerprint density at radius 3 is 2.50 bits per heavy atom. The van der Waals surface area contributed by atoms with Gasteiger partial charge in [0.15, 0.2) is 0 Å². The Bertz CT molecular complexity index is 770. The van der Waals surface area contributed by atoms with Gasteiger partial charge in [0.2, 0.25) is 0 Å². The lowest BCUT2D eigenvalue weighted by atomic mass is 10.1. The minimum Gasteiger partial charge on any atom is -0.489 e. The monoisotopic (exact) mass is 394 g/mol. The van der Waals surface area contributed by atoms with E-state index < -0.39 is 10.4 Å². The van der Waals surface area contributed by atoms with E-state index in [1.165, 1.54) is 0 Å². The largest absolute Gasteiger partial charge is 0.489 e. The fraction of sp³-hybridized carbons (Fsp3) is 0.214. The molecule has 0 amide bonds. The summed E-state index contributed by atoms with van der Waals surface area (Å²) in [5, 5.41) is 1.18. The Hall–Kier alpha value is -1.58. The third-order valence-corrected chi connectivity index (χ3v) is 3.15. The van der Waals surface area contributed by atoms with Crippen LogP contribution >= 0.6 is 23.2 Å². The summed E-state index contributed by atoms with van der Waals surface area (Å²) in [7, 11) is -4.67. The molecule has 132 valence electrons. The molecule has 1 aromatic heterocycles. The van der Waals surface area contributed by atoms with Crippen LogP contribution in [-0.2, 0) is 21.7 Å². The van der Waals surface area contributed by atoms with Crippen molar-refractivity contribution >= 4 is 33.6 Å². The Morgan fingerprint density at radius 1 is 1.42 bits per heavy atom. The van der Waals surface area contributed by atoms with Crippen molar-refractivity contribution in [1.82, 2.24) is 9.55 Å². The second-order valence-corrected chi connectivity index (χ2v) is 6.42. The number of hydrogen-bond donors (Lipinski definition) is 2. The molecule has 1 aromatic carbocycles. The molecule has 10 heteroatoms. The normalized spacial score (nSPS) is 12.0. The lowest BCUT2D eigenvalue weighted by molar-refractivity contribution is 0.103. The summed E-state index contributed by atoms with van der Waals surface area (Å²) >= 11 is 12.1. The van der Waals surface area contributed by atoms with E-state index in [4.69, 9.17) is 45.5 Å². The molecule has 0 aliphatic heterocycles. The quantitative estimate of drug-likeness (QED) is 0.589. The van der Waals surface area contributed by atoms with Gasteiger partial charge in [-0.15, -0.1) is 0 Å². The van der Waals surface area contributed by atoms with E-state index in [2.05, 4.69) is 11.6 Å². The molecule has 24 heavy (non-hydrogen) atoms. The SMILES string of the molecule is C=C(C)OC(Cn1ccnc1)c1ccc(Cl)cc1Cl.O=S(=O)(O)O. The summed E-state index contributed by atoms with van der Waals surface area (Å²) in [4.78, 5) is 4.02. The first-order chi connectivity index (χ1) is 11.1. The minimum absolute atomic E-state index is 0.225. The number of nitrogens with zero attached hydrogens (tertiary/aromatic N) is 2. The van der Waals surface area contributed by atoms with E-state index in [1.807, 2.05) is 23.8 Å². The number of aromatic nitrogens is 2. The Balaban J connectivity index is 0.000000505. The first-order valence-electron chi connectivity index (χ1n) is 6.49. The van der Waals surface area contributed by atoms with Crippen LogP contribution < -0.4 is 0 Å². The van der Waals surface area contributed by atoms with Gasteiger partial charge in [0.1, 0.15) is 6.10 Å². The molecule has 0 aliphatic rings. The summed E-state index contributed by atoms with van der Waals surface area (Å²) < 4.78 is 39.3. The van der Waals surface area contributed by atoms with Crippen molar-refractivity contribution in [2.24, 2.45) is 0 Å². The molecule has 2 N–H and O–H groups in total. The van der Waals surface area contributed by atoms with E-state index in [1.54, 1.807) is 24.7 Å². The van der Waals surface area contributed by atoms with Gasteiger partial charge in [0.25, 0.3) is 0 Å². The highest BCUT2D eigenvalue weighted by Crippen LogP contribution is 2.30. The number of allylic oxidation sites excluding steroid dienone is 1. The standard InChI is InChI=1S/C14H14Cl2N2O.H2O4S/c1-10(2)19-14(8-18-6-5-17-9-18)12-4-3-11(15)7-13(12)16;1-5(2,3)4/h3-7,9,14H,1,8H2,2H3;(H2,1,2,3,4). The molecular formula is C14H16Cl2N2O5S. The number of imidazole rings is 1. The molecule has 0 saturated carbocycles. The molecule has 0 radical (unpaired) electrons. The maximum atomic E-state index is 8.74. The maximum absolute atomic E-state index is 8.74. The van der Waals surface area contributed by atoms with Crippen LogP contribution in [0.2, 0.25) is 10.0 Å². The molecule has 0 aliphatic carbocycles. The van der Waals surface area contributed by atoms with Gasteiger partial charge in [-0.25, -0.2) is 4.98 Å². The van der Waals surface area contributed by atoms with Gasteiger partial charge < -0.3 is 9.30 Å². The van der Waals surface area contributed by atoms with Gasteiger partial charge in [0.05, 0.1) is 18.6 Å². The third kappa shape index (κ3) is 8.32. The molecule has 1 heterocycles. The van der Waals surface area contributed by atoms with Crippen molar-refractivity contribution in [3.05, 3.63) is 64.9 Å². The summed E-state index contributed by atoms with van der Waals surface area (Å²) in [6.45, 7) is 6.20. The molecular weight excluding hydrogens is 379 g/mol. The van der Waals surface area contributed by atoms with E-state index >= 15 is 0 Å². The van der Waals surface area contributed by atoms with Crippen LogP contribution in [0.15, 0.2) is 49.3 Å². The van der Waals surface area contributed by atoms with Crippen LogP contribution in [0.1, 0.15) is 18.6 Å². The zero-order valence-electron chi connectivity index (χ0n) is 12.6. The lowest BCUT2D eigenvalue weighted by Crippen LogP contribution is -2.11. The molecule has 2 aromatic rings. The van der Waals surface area contributed by atoms with Crippen LogP contribution in [0, 0.1) is 0 Å². The summed E-state index contributed by atoms with van der Waals surface area (Å²) in [5.41, 5.74) is 0.878. The molecule has 0 bridgehead atoms. The van der Waals surface area contributed by atoms with E-state index in [-0.39, 0.29) is 6.10 Å². The van der Waals surface area contributed by atoms with Crippen LogP contribution in [0.4, 0.5) is 0 Å². The van der Waals surface area contributed by atoms with Gasteiger partial charge in [-0.05, 0) is 19.1 Å². The fourth-order valence-corrected chi connectivity index (χ4v) is 2.32. The fourth-order valence-electron chi connectivity index (χ4n) is 1.79. The highest BCUT2D eigenvalue weighted by molar-refractivity contribution is 7.79. The van der Waals surface area contributed by atoms with Crippen LogP contribution in [0.3, 0.4) is 0 Å². The topological polar surface area (TPSA) is 102 Å². The predicted molar refractivity (Wildman–Crippen MR) is 91.5 cm³/mol. The van der Waals surface area contributed by atoms with Crippen molar-refractivity contribution in [2.75, 3.05) is 0 Å². The lowest BCUT2D eigenvalue weighted by Gasteiger charge is -2.21. The van der Waals surface area contributed by atoms with Gasteiger partial charge in [-0.1, -0.05) is 35.8 Å². The number of ether oxygens (including phenoxy) is 1. The Morgan fingerprint density at radius 2 is 2.04 bits per heavy atom. The smallest absolute Gasteiger partial charge is 0.394 e. The van der Waals surface area contributed by atoms with Gasteiger partial charge >= 0.3 is 10.4 Å². The average Bonchev–Trinajstić information content (AvgIpc) is 2.88. The zero-order chi connectivity index (χ0) is 18.3. The third-order valence-electron chi connectivity index (χ3n) is 2.59. The average molecular weight is 395 g/mol. The number of benzene rings is 1. The summed E-state index contributed by atoms with van der Waals surface area (Å²) in [6.07, 6.45) is 5.11. The Kier molecular flexibility index (Phi) is 7.71. The van der Waals surface area contributed by atoms with E-state index in [9.17, 15) is 0 Å². The summed E-state index contributed by atoms with van der Waals surface area (Å²) in [6, 6.07) is 5.38. The van der Waals surface area contributed by atoms with Gasteiger partial charge in [-0.2, -0.15) is 8.42 Å². The molecule has 2 rings (SSSR count). The summed E-state index contributed by atoms with van der Waals surface area (Å²) in [5.74, 6) is 0.635. The van der Waals surface area contributed by atoms with Crippen LogP contribution in [0.5, 0.6) is 0 Å². The highest BCUT2D eigenvalue weighted by Gasteiger charge is 2.17. The molecule has 7 nitrogen and oxygen atoms in total. The van der Waals surface area contributed by atoms with Crippen LogP contribution in [-0.4, -0.2) is 27.1 Å². The Labute approximate surface area is 150 Å². The molecule has 1 atom stereocenters. The predicted octanol–water partition coefficient (Wildman–Crippen LogP) is 3.83. The number of halogens is 2. The first-order valence-corrected chi connectivity index (χ1v) is 8.64. The van der Waals surface area contributed by atoms with Crippen molar-refractivity contribution in [1.29, 1.82) is 0 Å².